The van der Waals surface area contributed by atoms with E-state index in [-0.39, 0.29) is 12.5 Å². The number of halogens is 1. The van der Waals surface area contributed by atoms with Crippen LogP contribution in [0.25, 0.3) is 22.2 Å². The number of amides is 1. The standard InChI is InChI=1S/C20H16ClN3O2/c1-12-2-4-13(5-3-12)18-10-16(26-24-18)11-22-20(25)19-9-14-8-15(21)6-7-17(14)23-19/h2-10,23H,11H2,1H3,(H,22,25). The van der Waals surface area contributed by atoms with Crippen LogP contribution in [-0.4, -0.2) is 16.0 Å². The molecule has 5 nitrogen and oxygen atoms in total. The van der Waals surface area contributed by atoms with E-state index < -0.39 is 0 Å². The summed E-state index contributed by atoms with van der Waals surface area (Å²) < 4.78 is 5.32. The van der Waals surface area contributed by atoms with Crippen LogP contribution in [0.3, 0.4) is 0 Å². The van der Waals surface area contributed by atoms with E-state index in [4.69, 9.17) is 16.1 Å². The Balaban J connectivity index is 1.44. The number of rotatable bonds is 4. The Hall–Kier alpha value is -3.05. The molecule has 0 saturated heterocycles. The zero-order valence-corrected chi connectivity index (χ0v) is 14.8. The molecule has 4 aromatic rings. The molecule has 0 fully saturated rings. The van der Waals surface area contributed by atoms with Crippen molar-refractivity contribution in [2.24, 2.45) is 0 Å². The number of carbonyl (C=O) groups is 1. The summed E-state index contributed by atoms with van der Waals surface area (Å²) in [5.74, 6) is 0.374. The van der Waals surface area contributed by atoms with Gasteiger partial charge in [0.1, 0.15) is 11.4 Å². The lowest BCUT2D eigenvalue weighted by atomic mass is 10.1. The van der Waals surface area contributed by atoms with Crippen molar-refractivity contribution < 1.29 is 9.32 Å². The second kappa shape index (κ2) is 6.69. The topological polar surface area (TPSA) is 70.9 Å². The number of hydrogen-bond acceptors (Lipinski definition) is 3. The molecule has 2 aromatic heterocycles. The number of nitrogens with one attached hydrogen (secondary N) is 2. The molecule has 6 heteroatoms. The highest BCUT2D eigenvalue weighted by atomic mass is 35.5. The van der Waals surface area contributed by atoms with Gasteiger partial charge in [-0.3, -0.25) is 4.79 Å². The molecule has 0 unspecified atom stereocenters. The molecule has 26 heavy (non-hydrogen) atoms. The summed E-state index contributed by atoms with van der Waals surface area (Å²) in [6.45, 7) is 2.29. The van der Waals surface area contributed by atoms with Gasteiger partial charge in [-0.25, -0.2) is 0 Å². The van der Waals surface area contributed by atoms with Crippen LogP contribution in [0, 0.1) is 6.92 Å². The molecule has 2 heterocycles. The Morgan fingerprint density at radius 3 is 2.77 bits per heavy atom. The van der Waals surface area contributed by atoms with Crippen LogP contribution in [-0.2, 0) is 6.54 Å². The number of carbonyl (C=O) groups excluding carboxylic acids is 1. The molecular weight excluding hydrogens is 350 g/mol. The number of fused-ring (bicyclic) bond motifs is 1. The maximum Gasteiger partial charge on any atom is 0.268 e. The normalized spacial score (nSPS) is 11.0. The summed E-state index contributed by atoms with van der Waals surface area (Å²) in [7, 11) is 0. The van der Waals surface area contributed by atoms with Gasteiger partial charge < -0.3 is 14.8 Å². The number of H-pyrrole nitrogens is 1. The average Bonchev–Trinajstić information content (AvgIpc) is 3.27. The first-order chi connectivity index (χ1) is 12.6. The van der Waals surface area contributed by atoms with Crippen molar-refractivity contribution in [2.45, 2.75) is 13.5 Å². The van der Waals surface area contributed by atoms with E-state index in [1.165, 1.54) is 5.56 Å². The number of aryl methyl sites for hydroxylation is 1. The molecule has 2 N–H and O–H groups in total. The molecule has 0 aliphatic heterocycles. The first-order valence-electron chi connectivity index (χ1n) is 8.17. The van der Waals surface area contributed by atoms with E-state index in [9.17, 15) is 4.79 Å². The molecule has 0 aliphatic carbocycles. The molecule has 0 saturated carbocycles. The minimum absolute atomic E-state index is 0.217. The molecule has 0 bridgehead atoms. The maximum atomic E-state index is 12.3. The van der Waals surface area contributed by atoms with Crippen LogP contribution in [0.5, 0.6) is 0 Å². The molecule has 0 atom stereocenters. The summed E-state index contributed by atoms with van der Waals surface area (Å²) >= 11 is 5.98. The zero-order valence-electron chi connectivity index (χ0n) is 14.0. The fourth-order valence-corrected chi connectivity index (χ4v) is 2.93. The average molecular weight is 366 g/mol. The quantitative estimate of drug-likeness (QED) is 0.550. The predicted octanol–water partition coefficient (Wildman–Crippen LogP) is 4.71. The molecule has 2 aromatic carbocycles. The highest BCUT2D eigenvalue weighted by molar-refractivity contribution is 6.31. The zero-order chi connectivity index (χ0) is 18.1. The predicted molar refractivity (Wildman–Crippen MR) is 101 cm³/mol. The van der Waals surface area contributed by atoms with E-state index in [1.807, 2.05) is 49.4 Å². The van der Waals surface area contributed by atoms with Crippen molar-refractivity contribution in [3.05, 3.63) is 76.6 Å². The molecule has 1 amide bonds. The summed E-state index contributed by atoms with van der Waals surface area (Å²) in [4.78, 5) is 15.4. The second-order valence-corrected chi connectivity index (χ2v) is 6.58. The van der Waals surface area contributed by atoms with Crippen molar-refractivity contribution in [1.82, 2.24) is 15.5 Å². The number of benzene rings is 2. The number of hydrogen-bond donors (Lipinski definition) is 2. The fourth-order valence-electron chi connectivity index (χ4n) is 2.75. The van der Waals surface area contributed by atoms with E-state index in [2.05, 4.69) is 15.5 Å². The Morgan fingerprint density at radius 1 is 1.15 bits per heavy atom. The minimum atomic E-state index is -0.217. The molecule has 0 aliphatic rings. The van der Waals surface area contributed by atoms with Crippen molar-refractivity contribution in [2.75, 3.05) is 0 Å². The summed E-state index contributed by atoms with van der Waals surface area (Å²) in [5.41, 5.74) is 4.24. The van der Waals surface area contributed by atoms with Crippen molar-refractivity contribution >= 4 is 28.4 Å². The summed E-state index contributed by atoms with van der Waals surface area (Å²) in [6.07, 6.45) is 0. The van der Waals surface area contributed by atoms with Crippen LogP contribution in [0.1, 0.15) is 21.8 Å². The first-order valence-corrected chi connectivity index (χ1v) is 8.55. The van der Waals surface area contributed by atoms with Gasteiger partial charge in [0.05, 0.1) is 6.54 Å². The van der Waals surface area contributed by atoms with Gasteiger partial charge in [0.2, 0.25) is 0 Å². The van der Waals surface area contributed by atoms with Gasteiger partial charge in [0, 0.05) is 27.6 Å². The van der Waals surface area contributed by atoms with E-state index >= 15 is 0 Å². The lowest BCUT2D eigenvalue weighted by Crippen LogP contribution is -2.22. The van der Waals surface area contributed by atoms with Gasteiger partial charge in [0.25, 0.3) is 5.91 Å². The number of aromatic amines is 1. The summed E-state index contributed by atoms with van der Waals surface area (Å²) in [6, 6.07) is 17.1. The highest BCUT2D eigenvalue weighted by Gasteiger charge is 2.12. The second-order valence-electron chi connectivity index (χ2n) is 6.14. The third-order valence-corrected chi connectivity index (χ3v) is 4.39. The molecule has 0 spiro atoms. The van der Waals surface area contributed by atoms with Gasteiger partial charge in [-0.1, -0.05) is 46.6 Å². The van der Waals surface area contributed by atoms with Gasteiger partial charge >= 0.3 is 0 Å². The largest absolute Gasteiger partial charge is 0.359 e. The SMILES string of the molecule is Cc1ccc(-c2cc(CNC(=O)c3cc4cc(Cl)ccc4[nH]3)on2)cc1. The molecule has 4 rings (SSSR count). The van der Waals surface area contributed by atoms with Crippen molar-refractivity contribution in [3.63, 3.8) is 0 Å². The van der Waals surface area contributed by atoms with Gasteiger partial charge in [-0.2, -0.15) is 0 Å². The third kappa shape index (κ3) is 3.34. The molecular formula is C20H16ClN3O2. The van der Waals surface area contributed by atoms with Crippen molar-refractivity contribution in [1.29, 1.82) is 0 Å². The molecule has 130 valence electrons. The van der Waals surface area contributed by atoms with Crippen LogP contribution in [0.4, 0.5) is 0 Å². The highest BCUT2D eigenvalue weighted by Crippen LogP contribution is 2.21. The van der Waals surface area contributed by atoms with E-state index in [0.29, 0.717) is 16.5 Å². The third-order valence-electron chi connectivity index (χ3n) is 4.16. The van der Waals surface area contributed by atoms with Crippen LogP contribution in [0.2, 0.25) is 5.02 Å². The first kappa shape index (κ1) is 16.4. The molecule has 0 radical (unpaired) electrons. The minimum Gasteiger partial charge on any atom is -0.359 e. The monoisotopic (exact) mass is 365 g/mol. The summed E-state index contributed by atoms with van der Waals surface area (Å²) in [5, 5.41) is 8.42. The van der Waals surface area contributed by atoms with Crippen molar-refractivity contribution in [3.8, 4) is 11.3 Å². The van der Waals surface area contributed by atoms with Gasteiger partial charge in [-0.05, 0) is 31.2 Å². The lowest BCUT2D eigenvalue weighted by molar-refractivity contribution is 0.0943. The van der Waals surface area contributed by atoms with Gasteiger partial charge in [0.15, 0.2) is 5.76 Å². The Labute approximate surface area is 155 Å². The Kier molecular flexibility index (Phi) is 4.22. The smallest absolute Gasteiger partial charge is 0.268 e. The lowest BCUT2D eigenvalue weighted by Gasteiger charge is -1.99. The Bertz CT molecular complexity index is 1080. The van der Waals surface area contributed by atoms with Crippen LogP contribution >= 0.6 is 11.6 Å². The van der Waals surface area contributed by atoms with Crippen LogP contribution in [0.15, 0.2) is 59.1 Å². The fraction of sp³-hybridized carbons (Fsp3) is 0.100. The maximum absolute atomic E-state index is 12.3. The number of nitrogens with zero attached hydrogens (tertiary/aromatic N) is 1. The Morgan fingerprint density at radius 2 is 1.96 bits per heavy atom. The van der Waals surface area contributed by atoms with E-state index in [1.54, 1.807) is 12.1 Å². The van der Waals surface area contributed by atoms with E-state index in [0.717, 1.165) is 22.2 Å². The number of aromatic nitrogens is 2. The van der Waals surface area contributed by atoms with Gasteiger partial charge in [-0.15, -0.1) is 0 Å². The van der Waals surface area contributed by atoms with Crippen LogP contribution < -0.4 is 5.32 Å².